The lowest BCUT2D eigenvalue weighted by Crippen LogP contribution is -2.30. The van der Waals surface area contributed by atoms with E-state index < -0.39 is 0 Å². The van der Waals surface area contributed by atoms with Gasteiger partial charge in [-0.2, -0.15) is 0 Å². The fraction of sp³-hybridized carbons (Fsp3) is 0.600. The van der Waals surface area contributed by atoms with Gasteiger partial charge in [-0.25, -0.2) is 0 Å². The highest BCUT2D eigenvalue weighted by Gasteiger charge is 2.21. The Kier molecular flexibility index (Phi) is 4.19. The van der Waals surface area contributed by atoms with E-state index in [-0.39, 0.29) is 0 Å². The van der Waals surface area contributed by atoms with E-state index in [2.05, 4.69) is 37.4 Å². The first-order valence-electron chi connectivity index (χ1n) is 6.72. The molecule has 1 aliphatic rings. The second kappa shape index (κ2) is 5.65. The number of hydrogen-bond donors (Lipinski definition) is 2. The summed E-state index contributed by atoms with van der Waals surface area (Å²) in [6.45, 7) is 6.12. The zero-order chi connectivity index (χ0) is 12.3. The maximum absolute atomic E-state index is 5.91. The van der Waals surface area contributed by atoms with E-state index in [9.17, 15) is 0 Å². The van der Waals surface area contributed by atoms with Gasteiger partial charge in [-0.3, -0.25) is 0 Å². The Labute approximate surface area is 105 Å². The second-order valence-electron chi connectivity index (χ2n) is 5.28. The fourth-order valence-electron chi connectivity index (χ4n) is 2.55. The van der Waals surface area contributed by atoms with Gasteiger partial charge in [-0.1, -0.05) is 31.0 Å². The van der Waals surface area contributed by atoms with Gasteiger partial charge in [0, 0.05) is 12.6 Å². The quantitative estimate of drug-likeness (QED) is 0.791. The van der Waals surface area contributed by atoms with Crippen LogP contribution in [0.1, 0.15) is 42.0 Å². The minimum absolute atomic E-state index is 0.315. The van der Waals surface area contributed by atoms with Crippen LogP contribution in [0.25, 0.3) is 0 Å². The van der Waals surface area contributed by atoms with Crippen molar-refractivity contribution in [2.45, 2.75) is 39.2 Å². The van der Waals surface area contributed by atoms with Gasteiger partial charge in [0.1, 0.15) is 0 Å². The molecule has 1 aliphatic carbocycles. The summed E-state index contributed by atoms with van der Waals surface area (Å²) in [4.78, 5) is 0. The summed E-state index contributed by atoms with van der Waals surface area (Å²) in [5, 5.41) is 3.61. The topological polar surface area (TPSA) is 38.0 Å². The second-order valence-corrected chi connectivity index (χ2v) is 5.28. The monoisotopic (exact) mass is 232 g/mol. The third-order valence-electron chi connectivity index (χ3n) is 3.77. The third kappa shape index (κ3) is 3.30. The van der Waals surface area contributed by atoms with Crippen molar-refractivity contribution in [1.82, 2.24) is 5.32 Å². The molecule has 1 unspecified atom stereocenters. The lowest BCUT2D eigenvalue weighted by Gasteiger charge is -2.21. The summed E-state index contributed by atoms with van der Waals surface area (Å²) in [6, 6.07) is 6.78. The molecule has 0 aliphatic heterocycles. The van der Waals surface area contributed by atoms with Gasteiger partial charge >= 0.3 is 0 Å². The molecule has 0 spiro atoms. The van der Waals surface area contributed by atoms with Crippen molar-refractivity contribution in [2.75, 3.05) is 13.1 Å². The van der Waals surface area contributed by atoms with E-state index >= 15 is 0 Å². The summed E-state index contributed by atoms with van der Waals surface area (Å²) < 4.78 is 0. The molecule has 0 aromatic heterocycles. The largest absolute Gasteiger partial charge is 0.329 e. The highest BCUT2D eigenvalue weighted by Crippen LogP contribution is 2.32. The number of rotatable bonds is 6. The molecule has 94 valence electrons. The standard InChI is InChI=1S/C15H24N2/c1-11-4-3-5-12(2)15(11)14(10-16)17-9-8-13-6-7-13/h3-5,13-14,17H,6-10,16H2,1-2H3. The summed E-state index contributed by atoms with van der Waals surface area (Å²) in [5.41, 5.74) is 10.0. The molecule has 0 amide bonds. The average Bonchev–Trinajstić information content (AvgIpc) is 3.10. The van der Waals surface area contributed by atoms with Gasteiger partial charge in [-0.15, -0.1) is 0 Å². The van der Waals surface area contributed by atoms with Crippen molar-refractivity contribution < 1.29 is 0 Å². The van der Waals surface area contributed by atoms with Crippen molar-refractivity contribution in [3.8, 4) is 0 Å². The number of nitrogens with one attached hydrogen (secondary N) is 1. The van der Waals surface area contributed by atoms with Crippen molar-refractivity contribution in [1.29, 1.82) is 0 Å². The molecular formula is C15H24N2. The van der Waals surface area contributed by atoms with Gasteiger partial charge in [-0.05, 0) is 49.4 Å². The fourth-order valence-corrected chi connectivity index (χ4v) is 2.55. The van der Waals surface area contributed by atoms with Crippen LogP contribution in [0, 0.1) is 19.8 Å². The number of hydrogen-bond acceptors (Lipinski definition) is 2. The van der Waals surface area contributed by atoms with Crippen LogP contribution < -0.4 is 11.1 Å². The number of nitrogens with two attached hydrogens (primary N) is 1. The Morgan fingerprint density at radius 2 is 1.94 bits per heavy atom. The maximum atomic E-state index is 5.91. The first-order chi connectivity index (χ1) is 8.22. The van der Waals surface area contributed by atoms with Crippen LogP contribution in [-0.2, 0) is 0 Å². The molecule has 2 rings (SSSR count). The lowest BCUT2D eigenvalue weighted by molar-refractivity contribution is 0.513. The molecule has 17 heavy (non-hydrogen) atoms. The molecule has 0 bridgehead atoms. The van der Waals surface area contributed by atoms with Gasteiger partial charge in [0.2, 0.25) is 0 Å². The normalized spacial score (nSPS) is 17.1. The summed E-state index contributed by atoms with van der Waals surface area (Å²) in [6.07, 6.45) is 4.16. The van der Waals surface area contributed by atoms with Crippen LogP contribution >= 0.6 is 0 Å². The van der Waals surface area contributed by atoms with E-state index in [0.29, 0.717) is 12.6 Å². The van der Waals surface area contributed by atoms with Crippen LogP contribution in [0.4, 0.5) is 0 Å². The van der Waals surface area contributed by atoms with Crippen LogP contribution in [-0.4, -0.2) is 13.1 Å². The Bertz CT molecular complexity index is 349. The molecule has 0 radical (unpaired) electrons. The van der Waals surface area contributed by atoms with Crippen molar-refractivity contribution >= 4 is 0 Å². The third-order valence-corrected chi connectivity index (χ3v) is 3.77. The summed E-state index contributed by atoms with van der Waals surface area (Å²) in [5.74, 6) is 0.985. The Morgan fingerprint density at radius 3 is 2.47 bits per heavy atom. The predicted octanol–water partition coefficient (Wildman–Crippen LogP) is 2.69. The van der Waals surface area contributed by atoms with Gasteiger partial charge in [0.25, 0.3) is 0 Å². The van der Waals surface area contributed by atoms with E-state index in [4.69, 9.17) is 5.73 Å². The molecule has 3 N–H and O–H groups in total. The Balaban J connectivity index is 1.99. The minimum Gasteiger partial charge on any atom is -0.329 e. The molecule has 1 atom stereocenters. The average molecular weight is 232 g/mol. The molecule has 2 heteroatoms. The molecular weight excluding hydrogens is 208 g/mol. The summed E-state index contributed by atoms with van der Waals surface area (Å²) in [7, 11) is 0. The van der Waals surface area contributed by atoms with E-state index in [1.165, 1.54) is 36.0 Å². The van der Waals surface area contributed by atoms with Crippen molar-refractivity contribution in [3.63, 3.8) is 0 Å². The Morgan fingerprint density at radius 1 is 1.29 bits per heavy atom. The first kappa shape index (κ1) is 12.6. The first-order valence-corrected chi connectivity index (χ1v) is 6.72. The zero-order valence-electron chi connectivity index (χ0n) is 11.0. The van der Waals surface area contributed by atoms with Gasteiger partial charge in [0.15, 0.2) is 0 Å². The van der Waals surface area contributed by atoms with Crippen LogP contribution in [0.2, 0.25) is 0 Å². The summed E-state index contributed by atoms with van der Waals surface area (Å²) >= 11 is 0. The van der Waals surface area contributed by atoms with E-state index in [0.717, 1.165) is 12.5 Å². The minimum atomic E-state index is 0.315. The van der Waals surface area contributed by atoms with E-state index in [1.54, 1.807) is 0 Å². The highest BCUT2D eigenvalue weighted by atomic mass is 14.9. The Hall–Kier alpha value is -0.860. The van der Waals surface area contributed by atoms with Crippen LogP contribution in [0.5, 0.6) is 0 Å². The van der Waals surface area contributed by atoms with Gasteiger partial charge in [0.05, 0.1) is 0 Å². The molecule has 2 nitrogen and oxygen atoms in total. The number of aryl methyl sites for hydroxylation is 2. The molecule has 1 saturated carbocycles. The lowest BCUT2D eigenvalue weighted by atomic mass is 9.96. The van der Waals surface area contributed by atoms with Crippen molar-refractivity contribution in [3.05, 3.63) is 34.9 Å². The molecule has 0 saturated heterocycles. The van der Waals surface area contributed by atoms with Crippen LogP contribution in [0.15, 0.2) is 18.2 Å². The van der Waals surface area contributed by atoms with E-state index in [1.807, 2.05) is 0 Å². The SMILES string of the molecule is Cc1cccc(C)c1C(CN)NCCC1CC1. The predicted molar refractivity (Wildman–Crippen MR) is 73.1 cm³/mol. The number of benzene rings is 1. The van der Waals surface area contributed by atoms with Crippen molar-refractivity contribution in [2.24, 2.45) is 11.7 Å². The van der Waals surface area contributed by atoms with Gasteiger partial charge < -0.3 is 11.1 Å². The zero-order valence-corrected chi connectivity index (χ0v) is 11.0. The molecule has 1 aromatic rings. The smallest absolute Gasteiger partial charge is 0.0449 e. The molecule has 0 heterocycles. The molecule has 1 fully saturated rings. The maximum Gasteiger partial charge on any atom is 0.0449 e. The van der Waals surface area contributed by atoms with Crippen LogP contribution in [0.3, 0.4) is 0 Å². The highest BCUT2D eigenvalue weighted by molar-refractivity contribution is 5.36. The molecule has 1 aromatic carbocycles.